The molecule has 1 heterocycles. The van der Waals surface area contributed by atoms with Gasteiger partial charge in [0.25, 0.3) is 17.4 Å². The largest absolute Gasteiger partial charge is 0.490 e. The summed E-state index contributed by atoms with van der Waals surface area (Å²) in [5.41, 5.74) is 2.72. The average Bonchev–Trinajstić information content (AvgIpc) is 2.78. The van der Waals surface area contributed by atoms with Crippen molar-refractivity contribution in [1.82, 2.24) is 20.5 Å². The van der Waals surface area contributed by atoms with Crippen LogP contribution >= 0.6 is 0 Å². The zero-order valence-electron chi connectivity index (χ0n) is 17.9. The van der Waals surface area contributed by atoms with Crippen LogP contribution in [0.5, 0.6) is 11.5 Å². The highest BCUT2D eigenvalue weighted by Gasteiger charge is 2.13. The molecule has 0 aliphatic rings. The van der Waals surface area contributed by atoms with Gasteiger partial charge in [0, 0.05) is 19.5 Å². The maximum Gasteiger partial charge on any atom is 0.292 e. The Morgan fingerprint density at radius 1 is 1.12 bits per heavy atom. The van der Waals surface area contributed by atoms with Gasteiger partial charge in [0.05, 0.1) is 18.2 Å². The third kappa shape index (κ3) is 5.28. The van der Waals surface area contributed by atoms with Crippen molar-refractivity contribution in [3.05, 3.63) is 64.1 Å². The number of amides is 2. The predicted octanol–water partition coefficient (Wildman–Crippen LogP) is 1.55. The van der Waals surface area contributed by atoms with E-state index in [9.17, 15) is 14.4 Å². The van der Waals surface area contributed by atoms with Crippen LogP contribution in [0.25, 0.3) is 10.8 Å². The van der Waals surface area contributed by atoms with Crippen LogP contribution in [0, 0.1) is 0 Å². The minimum atomic E-state index is -0.569. The number of aromatic nitrogens is 2. The highest BCUT2D eigenvalue weighted by atomic mass is 16.5. The number of aromatic amines is 1. The molecule has 0 aliphatic heterocycles. The summed E-state index contributed by atoms with van der Waals surface area (Å²) in [6, 6.07) is 11.7. The molecule has 0 unspecified atom stereocenters. The fraction of sp³-hybridized carbons (Fsp3) is 0.227. The number of carbonyl (C=O) groups is 2. The van der Waals surface area contributed by atoms with Crippen molar-refractivity contribution in [2.75, 3.05) is 27.3 Å². The number of rotatable bonds is 8. The van der Waals surface area contributed by atoms with Crippen molar-refractivity contribution in [2.24, 2.45) is 5.10 Å². The maximum atomic E-state index is 12.5. The van der Waals surface area contributed by atoms with Crippen LogP contribution < -0.4 is 20.5 Å². The molecular weight excluding hydrogens is 414 g/mol. The van der Waals surface area contributed by atoms with Gasteiger partial charge in [-0.3, -0.25) is 14.4 Å². The molecule has 2 amide bonds. The van der Waals surface area contributed by atoms with E-state index in [1.807, 2.05) is 6.92 Å². The maximum absolute atomic E-state index is 12.5. The summed E-state index contributed by atoms with van der Waals surface area (Å²) in [5, 5.41) is 10.9. The number of nitrogens with one attached hydrogen (secondary N) is 2. The molecule has 2 N–H and O–H groups in total. The van der Waals surface area contributed by atoms with Gasteiger partial charge in [0.1, 0.15) is 0 Å². The zero-order chi connectivity index (χ0) is 23.1. The van der Waals surface area contributed by atoms with Gasteiger partial charge in [-0.2, -0.15) is 10.2 Å². The summed E-state index contributed by atoms with van der Waals surface area (Å²) in [5.74, 6) is 0.125. The van der Waals surface area contributed by atoms with E-state index in [1.54, 1.807) is 56.6 Å². The summed E-state index contributed by atoms with van der Waals surface area (Å²) < 4.78 is 11.1. The lowest BCUT2D eigenvalue weighted by Crippen LogP contribution is -2.27. The van der Waals surface area contributed by atoms with E-state index < -0.39 is 5.91 Å². The number of fused-ring (bicyclic) bond motifs is 1. The van der Waals surface area contributed by atoms with Crippen molar-refractivity contribution in [3.8, 4) is 11.5 Å². The van der Waals surface area contributed by atoms with Crippen LogP contribution in [0.2, 0.25) is 0 Å². The number of nitrogens with zero attached hydrogens (tertiary/aromatic N) is 3. The van der Waals surface area contributed by atoms with Gasteiger partial charge in [0.2, 0.25) is 0 Å². The van der Waals surface area contributed by atoms with E-state index in [0.29, 0.717) is 34.4 Å². The van der Waals surface area contributed by atoms with Gasteiger partial charge in [-0.15, -0.1) is 0 Å². The quantitative estimate of drug-likeness (QED) is 0.407. The minimum absolute atomic E-state index is 0.0571. The van der Waals surface area contributed by atoms with E-state index in [2.05, 4.69) is 20.7 Å². The topological polar surface area (TPSA) is 126 Å². The zero-order valence-corrected chi connectivity index (χ0v) is 17.9. The molecule has 0 fully saturated rings. The highest BCUT2D eigenvalue weighted by molar-refractivity contribution is 6.04. The Kier molecular flexibility index (Phi) is 7.17. The Bertz CT molecular complexity index is 1220. The number of likely N-dealkylation sites (N-methyl/N-ethyl adjacent to an activating group) is 1. The van der Waals surface area contributed by atoms with E-state index in [0.717, 1.165) is 0 Å². The fourth-order valence-corrected chi connectivity index (χ4v) is 2.77. The number of hydrogen-bond donors (Lipinski definition) is 2. The Balaban J connectivity index is 1.73. The smallest absolute Gasteiger partial charge is 0.292 e. The van der Waals surface area contributed by atoms with Gasteiger partial charge in [-0.25, -0.2) is 10.5 Å². The summed E-state index contributed by atoms with van der Waals surface area (Å²) in [4.78, 5) is 37.5. The van der Waals surface area contributed by atoms with Crippen molar-refractivity contribution >= 4 is 28.8 Å². The van der Waals surface area contributed by atoms with Gasteiger partial charge in [-0.05, 0) is 36.8 Å². The monoisotopic (exact) mass is 437 g/mol. The second kappa shape index (κ2) is 10.2. The standard InChI is InChI=1S/C22H23N5O5/c1-4-31-18-11-14(9-10-17(18)32-13-19(28)27(2)3)12-23-25-22(30)20-15-7-5-6-8-16(15)21(29)26-24-20/h5-12H,4,13H2,1-3H3,(H,25,30)(H,26,29)/b23-12+. The summed E-state index contributed by atoms with van der Waals surface area (Å²) in [6.45, 7) is 2.12. The normalized spacial score (nSPS) is 10.8. The second-order valence-corrected chi connectivity index (χ2v) is 6.86. The van der Waals surface area contributed by atoms with Crippen LogP contribution in [0.1, 0.15) is 23.0 Å². The third-order valence-electron chi connectivity index (χ3n) is 4.41. The van der Waals surface area contributed by atoms with Crippen molar-refractivity contribution in [2.45, 2.75) is 6.92 Å². The first-order chi connectivity index (χ1) is 15.4. The number of H-pyrrole nitrogens is 1. The van der Waals surface area contributed by atoms with Crippen molar-refractivity contribution in [1.29, 1.82) is 0 Å². The lowest BCUT2D eigenvalue weighted by Gasteiger charge is -2.14. The van der Waals surface area contributed by atoms with E-state index >= 15 is 0 Å². The molecular formula is C22H23N5O5. The predicted molar refractivity (Wildman–Crippen MR) is 119 cm³/mol. The first-order valence-electron chi connectivity index (χ1n) is 9.81. The summed E-state index contributed by atoms with van der Waals surface area (Å²) in [6.07, 6.45) is 1.43. The number of benzene rings is 2. The van der Waals surface area contributed by atoms with Gasteiger partial charge < -0.3 is 14.4 Å². The molecule has 32 heavy (non-hydrogen) atoms. The Morgan fingerprint density at radius 2 is 1.88 bits per heavy atom. The second-order valence-electron chi connectivity index (χ2n) is 6.86. The minimum Gasteiger partial charge on any atom is -0.490 e. The number of ether oxygens (including phenoxy) is 2. The molecule has 0 saturated carbocycles. The average molecular weight is 437 g/mol. The number of carbonyl (C=O) groups excluding carboxylic acids is 2. The molecule has 0 atom stereocenters. The molecule has 0 saturated heterocycles. The third-order valence-corrected chi connectivity index (χ3v) is 4.41. The first kappa shape index (κ1) is 22.5. The number of hydrogen-bond acceptors (Lipinski definition) is 7. The van der Waals surface area contributed by atoms with Crippen LogP contribution in [-0.4, -0.2) is 60.4 Å². The van der Waals surface area contributed by atoms with Crippen molar-refractivity contribution in [3.63, 3.8) is 0 Å². The van der Waals surface area contributed by atoms with Gasteiger partial charge >= 0.3 is 0 Å². The Morgan fingerprint density at radius 3 is 2.59 bits per heavy atom. The Hall–Kier alpha value is -4.21. The SMILES string of the molecule is CCOc1cc(/C=N/NC(=O)c2n[nH]c(=O)c3ccccc23)ccc1OCC(=O)N(C)C. The summed E-state index contributed by atoms with van der Waals surface area (Å²) >= 11 is 0. The molecule has 3 rings (SSSR count). The lowest BCUT2D eigenvalue weighted by molar-refractivity contribution is -0.130. The van der Waals surface area contributed by atoms with Crippen LogP contribution in [-0.2, 0) is 4.79 Å². The number of hydrazone groups is 1. The molecule has 0 spiro atoms. The molecule has 1 aromatic heterocycles. The van der Waals surface area contributed by atoms with E-state index in [1.165, 1.54) is 11.1 Å². The molecule has 3 aromatic rings. The van der Waals surface area contributed by atoms with Crippen LogP contribution in [0.15, 0.2) is 52.4 Å². The fourth-order valence-electron chi connectivity index (χ4n) is 2.77. The molecule has 0 radical (unpaired) electrons. The summed E-state index contributed by atoms with van der Waals surface area (Å²) in [7, 11) is 3.29. The molecule has 0 aliphatic carbocycles. The van der Waals surface area contributed by atoms with E-state index in [4.69, 9.17) is 9.47 Å². The molecule has 2 aromatic carbocycles. The van der Waals surface area contributed by atoms with Gasteiger partial charge in [-0.1, -0.05) is 18.2 Å². The van der Waals surface area contributed by atoms with Crippen molar-refractivity contribution < 1.29 is 19.1 Å². The first-order valence-corrected chi connectivity index (χ1v) is 9.81. The highest BCUT2D eigenvalue weighted by Crippen LogP contribution is 2.28. The van der Waals surface area contributed by atoms with Gasteiger partial charge in [0.15, 0.2) is 23.8 Å². The Labute approximate surface area is 183 Å². The molecule has 0 bridgehead atoms. The lowest BCUT2D eigenvalue weighted by atomic mass is 10.1. The van der Waals surface area contributed by atoms with E-state index in [-0.39, 0.29) is 23.8 Å². The molecule has 10 nitrogen and oxygen atoms in total. The van der Waals surface area contributed by atoms with Crippen LogP contribution in [0.3, 0.4) is 0 Å². The molecule has 10 heteroatoms. The van der Waals surface area contributed by atoms with Crippen LogP contribution in [0.4, 0.5) is 0 Å². The molecule has 166 valence electrons.